The minimum atomic E-state index is -0.971. The number of methoxy groups -OCH3 is 1. The molecule has 4 rings (SSSR count). The van der Waals surface area contributed by atoms with Gasteiger partial charge in [-0.2, -0.15) is 0 Å². The SMILES string of the molecule is COC(=O)C(C[C@@H](C)[C@H]1CC=C2C3=C(CC[C@@]21C)[C@@]1(C)CC[C@H](C(C)(C)C)C(C)(C)[C@@H]1CC3)O[Si](C)C. The second-order valence-electron chi connectivity index (χ2n) is 15.4. The molecule has 4 aliphatic carbocycles. The van der Waals surface area contributed by atoms with Crippen molar-refractivity contribution >= 4 is 15.0 Å². The van der Waals surface area contributed by atoms with Gasteiger partial charge in [-0.25, -0.2) is 4.79 Å². The fraction of sp³-hybridized carbons (Fsp3) is 0.848. The fourth-order valence-corrected chi connectivity index (χ4v) is 11.0. The first kappa shape index (κ1) is 29.1. The Bertz CT molecular complexity index is 953. The molecule has 1 fully saturated rings. The van der Waals surface area contributed by atoms with Crippen LogP contribution in [0.5, 0.6) is 0 Å². The molecular weight excluding hydrogens is 472 g/mol. The zero-order valence-electron chi connectivity index (χ0n) is 25.8. The molecule has 0 heterocycles. The normalized spacial score (nSPS) is 36.9. The van der Waals surface area contributed by atoms with Crippen molar-refractivity contribution in [3.8, 4) is 0 Å². The van der Waals surface area contributed by atoms with Gasteiger partial charge in [0.2, 0.25) is 9.04 Å². The standard InChI is InChI=1S/C33H55O3Si/c1-21(20-26(29(34)35-9)36-37(10)11)23-13-14-24-22-12-15-28-31(5,6)27(30(2,3)4)17-19-33(28,8)25(22)16-18-32(23,24)7/h14,21,23,26-28H,12-13,15-20H2,1-11H3/t21-,23-,26?,27-,28+,32-,33-/m1/s1. The summed E-state index contributed by atoms with van der Waals surface area (Å²) < 4.78 is 11.2. The highest BCUT2D eigenvalue weighted by atomic mass is 28.3. The average molecular weight is 528 g/mol. The maximum absolute atomic E-state index is 12.5. The topological polar surface area (TPSA) is 35.5 Å². The minimum absolute atomic E-state index is 0.206. The number of hydrogen-bond acceptors (Lipinski definition) is 3. The third-order valence-corrected chi connectivity index (χ3v) is 12.4. The molecular formula is C33H55O3Si. The van der Waals surface area contributed by atoms with Gasteiger partial charge >= 0.3 is 5.97 Å². The molecule has 4 aliphatic rings. The second kappa shape index (κ2) is 9.95. The van der Waals surface area contributed by atoms with Crippen molar-refractivity contribution in [2.45, 2.75) is 126 Å². The lowest BCUT2D eigenvalue weighted by Crippen LogP contribution is -2.53. The number of rotatable bonds is 6. The van der Waals surface area contributed by atoms with Crippen LogP contribution < -0.4 is 0 Å². The summed E-state index contributed by atoms with van der Waals surface area (Å²) in [6, 6.07) is 0. The third kappa shape index (κ3) is 4.85. The quantitative estimate of drug-likeness (QED) is 0.256. The highest BCUT2D eigenvalue weighted by molar-refractivity contribution is 6.48. The van der Waals surface area contributed by atoms with E-state index < -0.39 is 15.1 Å². The summed E-state index contributed by atoms with van der Waals surface area (Å²) in [5.41, 5.74) is 6.52. The van der Waals surface area contributed by atoms with E-state index in [0.29, 0.717) is 28.1 Å². The Morgan fingerprint density at radius 1 is 1.08 bits per heavy atom. The molecule has 0 spiro atoms. The number of hydrogen-bond donors (Lipinski definition) is 0. The largest absolute Gasteiger partial charge is 0.467 e. The lowest BCUT2D eigenvalue weighted by molar-refractivity contribution is -0.150. The molecule has 0 saturated heterocycles. The van der Waals surface area contributed by atoms with Gasteiger partial charge in [0, 0.05) is 0 Å². The minimum Gasteiger partial charge on any atom is -0.467 e. The van der Waals surface area contributed by atoms with Crippen molar-refractivity contribution < 1.29 is 14.0 Å². The average Bonchev–Trinajstić information content (AvgIpc) is 3.13. The van der Waals surface area contributed by atoms with Crippen LogP contribution in [0.1, 0.15) is 107 Å². The molecule has 4 heteroatoms. The van der Waals surface area contributed by atoms with Crippen molar-refractivity contribution in [2.24, 2.45) is 45.3 Å². The van der Waals surface area contributed by atoms with E-state index in [1.165, 1.54) is 45.6 Å². The Labute approximate surface area is 230 Å². The van der Waals surface area contributed by atoms with Gasteiger partial charge in [0.1, 0.15) is 6.10 Å². The Kier molecular flexibility index (Phi) is 7.83. The summed E-state index contributed by atoms with van der Waals surface area (Å²) in [6.45, 7) is 24.3. The second-order valence-corrected chi connectivity index (χ2v) is 17.4. The summed E-state index contributed by atoms with van der Waals surface area (Å²) in [6.07, 6.45) is 11.9. The van der Waals surface area contributed by atoms with Gasteiger partial charge in [0.25, 0.3) is 0 Å². The first-order chi connectivity index (χ1) is 17.1. The smallest absolute Gasteiger partial charge is 0.333 e. The predicted molar refractivity (Wildman–Crippen MR) is 155 cm³/mol. The molecule has 1 radical (unpaired) electrons. The van der Waals surface area contributed by atoms with Gasteiger partial charge in [-0.1, -0.05) is 67.0 Å². The maximum atomic E-state index is 12.5. The highest BCUT2D eigenvalue weighted by Gasteiger charge is 2.59. The van der Waals surface area contributed by atoms with Crippen LogP contribution in [0.25, 0.3) is 0 Å². The first-order valence-corrected chi connectivity index (χ1v) is 17.5. The van der Waals surface area contributed by atoms with Crippen LogP contribution in [0.15, 0.2) is 22.8 Å². The molecule has 0 amide bonds. The molecule has 1 unspecified atom stereocenters. The summed E-state index contributed by atoms with van der Waals surface area (Å²) in [7, 11) is 0.515. The Morgan fingerprint density at radius 3 is 2.35 bits per heavy atom. The number of esters is 1. The number of fused-ring (bicyclic) bond motifs is 4. The van der Waals surface area contributed by atoms with Crippen molar-refractivity contribution in [1.29, 1.82) is 0 Å². The van der Waals surface area contributed by atoms with E-state index >= 15 is 0 Å². The monoisotopic (exact) mass is 527 g/mol. The number of allylic oxidation sites excluding steroid dienone is 4. The van der Waals surface area contributed by atoms with Gasteiger partial charge in [-0.15, -0.1) is 0 Å². The molecule has 0 bridgehead atoms. The Morgan fingerprint density at radius 2 is 1.76 bits per heavy atom. The molecule has 3 nitrogen and oxygen atoms in total. The molecule has 1 saturated carbocycles. The molecule has 209 valence electrons. The zero-order valence-corrected chi connectivity index (χ0v) is 26.8. The van der Waals surface area contributed by atoms with Crippen molar-refractivity contribution in [1.82, 2.24) is 0 Å². The molecule has 0 aromatic carbocycles. The van der Waals surface area contributed by atoms with E-state index in [9.17, 15) is 4.79 Å². The number of carbonyl (C=O) groups excluding carboxylic acids is 1. The van der Waals surface area contributed by atoms with E-state index in [4.69, 9.17) is 9.16 Å². The van der Waals surface area contributed by atoms with E-state index in [2.05, 4.69) is 74.6 Å². The van der Waals surface area contributed by atoms with Crippen molar-refractivity contribution in [2.75, 3.05) is 7.11 Å². The van der Waals surface area contributed by atoms with E-state index in [-0.39, 0.29) is 11.4 Å². The molecule has 0 aromatic rings. The highest BCUT2D eigenvalue weighted by Crippen LogP contribution is 2.69. The van der Waals surface area contributed by atoms with Crippen LogP contribution in [-0.4, -0.2) is 28.2 Å². The lowest BCUT2D eigenvalue weighted by Gasteiger charge is -2.62. The van der Waals surface area contributed by atoms with Crippen LogP contribution in [0.4, 0.5) is 0 Å². The molecule has 0 aliphatic heterocycles. The van der Waals surface area contributed by atoms with Gasteiger partial charge in [-0.05, 0) is 121 Å². The predicted octanol–water partition coefficient (Wildman–Crippen LogP) is 8.76. The molecule has 0 aromatic heterocycles. The van der Waals surface area contributed by atoms with Gasteiger partial charge in [-0.3, -0.25) is 0 Å². The zero-order chi connectivity index (χ0) is 27.6. The van der Waals surface area contributed by atoms with Crippen LogP contribution in [0.3, 0.4) is 0 Å². The maximum Gasteiger partial charge on any atom is 0.333 e. The van der Waals surface area contributed by atoms with Crippen LogP contribution in [0.2, 0.25) is 13.1 Å². The molecule has 7 atom stereocenters. The summed E-state index contributed by atoms with van der Waals surface area (Å²) in [5.74, 6) is 2.33. The molecule has 0 N–H and O–H groups in total. The van der Waals surface area contributed by atoms with E-state index in [1.54, 1.807) is 11.1 Å². The number of ether oxygens (including phenoxy) is 1. The molecule has 37 heavy (non-hydrogen) atoms. The van der Waals surface area contributed by atoms with Crippen LogP contribution >= 0.6 is 0 Å². The van der Waals surface area contributed by atoms with Crippen LogP contribution in [0, 0.1) is 45.3 Å². The summed E-state index contributed by atoms with van der Waals surface area (Å²) in [5, 5.41) is 0. The Balaban J connectivity index is 1.59. The van der Waals surface area contributed by atoms with Gasteiger partial charge in [0.05, 0.1) is 7.11 Å². The van der Waals surface area contributed by atoms with E-state index in [1.807, 2.05) is 5.57 Å². The Hall–Kier alpha value is -0.873. The van der Waals surface area contributed by atoms with Gasteiger partial charge in [0.15, 0.2) is 0 Å². The van der Waals surface area contributed by atoms with Gasteiger partial charge < -0.3 is 9.16 Å². The summed E-state index contributed by atoms with van der Waals surface area (Å²) >= 11 is 0. The third-order valence-electron chi connectivity index (χ3n) is 11.6. The van der Waals surface area contributed by atoms with Crippen molar-refractivity contribution in [3.05, 3.63) is 22.8 Å². The first-order valence-electron chi connectivity index (χ1n) is 15.1. The lowest BCUT2D eigenvalue weighted by atomic mass is 9.42. The summed E-state index contributed by atoms with van der Waals surface area (Å²) in [4.78, 5) is 12.5. The number of carbonyl (C=O) groups is 1. The van der Waals surface area contributed by atoms with Crippen LogP contribution in [-0.2, 0) is 14.0 Å². The van der Waals surface area contributed by atoms with E-state index in [0.717, 1.165) is 24.7 Å². The fourth-order valence-electron chi connectivity index (χ4n) is 10.3. The van der Waals surface area contributed by atoms with Crippen molar-refractivity contribution in [3.63, 3.8) is 0 Å².